The lowest BCUT2D eigenvalue weighted by molar-refractivity contribution is 0.613. The van der Waals surface area contributed by atoms with Crippen LogP contribution < -0.4 is 10.6 Å². The minimum absolute atomic E-state index is 0. The summed E-state index contributed by atoms with van der Waals surface area (Å²) in [4.78, 5) is 4.32. The van der Waals surface area contributed by atoms with E-state index >= 15 is 0 Å². The zero-order valence-electron chi connectivity index (χ0n) is 12.5. The van der Waals surface area contributed by atoms with Crippen LogP contribution in [-0.2, 0) is 13.0 Å². The lowest BCUT2D eigenvalue weighted by Gasteiger charge is -2.17. The molecule has 2 rings (SSSR count). The SMILES string of the molecule is CCc1ccccc1CNC(=NC)NC1CCCC1.I. The first-order chi connectivity index (χ1) is 9.33. The Morgan fingerprint density at radius 1 is 1.20 bits per heavy atom. The van der Waals surface area contributed by atoms with Crippen molar-refractivity contribution in [1.29, 1.82) is 0 Å². The molecule has 0 amide bonds. The standard InChI is InChI=1S/C16H25N3.HI/c1-3-13-8-4-5-9-14(13)12-18-16(17-2)19-15-10-6-7-11-15;/h4-5,8-9,15H,3,6-7,10-12H2,1-2H3,(H2,17,18,19);1H. The van der Waals surface area contributed by atoms with Crippen molar-refractivity contribution >= 4 is 29.9 Å². The summed E-state index contributed by atoms with van der Waals surface area (Å²) < 4.78 is 0. The number of guanidine groups is 1. The Hall–Kier alpha value is -0.780. The number of rotatable bonds is 4. The minimum atomic E-state index is 0. The summed E-state index contributed by atoms with van der Waals surface area (Å²) in [7, 11) is 1.84. The third kappa shape index (κ3) is 4.96. The minimum Gasteiger partial charge on any atom is -0.354 e. The number of benzene rings is 1. The molecule has 4 heteroatoms. The molecule has 3 nitrogen and oxygen atoms in total. The molecule has 20 heavy (non-hydrogen) atoms. The first-order valence-corrected chi connectivity index (χ1v) is 7.37. The van der Waals surface area contributed by atoms with Gasteiger partial charge in [-0.05, 0) is 30.4 Å². The van der Waals surface area contributed by atoms with Crippen LogP contribution in [0.4, 0.5) is 0 Å². The Morgan fingerprint density at radius 3 is 2.45 bits per heavy atom. The fourth-order valence-corrected chi connectivity index (χ4v) is 2.71. The van der Waals surface area contributed by atoms with Crippen molar-refractivity contribution in [3.05, 3.63) is 35.4 Å². The second-order valence-corrected chi connectivity index (χ2v) is 5.17. The fourth-order valence-electron chi connectivity index (χ4n) is 2.71. The second-order valence-electron chi connectivity index (χ2n) is 5.17. The van der Waals surface area contributed by atoms with E-state index in [9.17, 15) is 0 Å². The zero-order chi connectivity index (χ0) is 13.5. The molecule has 2 N–H and O–H groups in total. The Labute approximate surface area is 139 Å². The molecule has 112 valence electrons. The number of nitrogens with one attached hydrogen (secondary N) is 2. The predicted molar refractivity (Wildman–Crippen MR) is 96.8 cm³/mol. The molecule has 0 heterocycles. The van der Waals surface area contributed by atoms with Gasteiger partial charge in [-0.1, -0.05) is 44.0 Å². The van der Waals surface area contributed by atoms with E-state index in [1.54, 1.807) is 0 Å². The lowest BCUT2D eigenvalue weighted by Crippen LogP contribution is -2.42. The van der Waals surface area contributed by atoms with Gasteiger partial charge < -0.3 is 10.6 Å². The molecule has 0 saturated heterocycles. The molecule has 0 aromatic heterocycles. The molecule has 1 aromatic carbocycles. The van der Waals surface area contributed by atoms with Gasteiger partial charge in [0, 0.05) is 19.6 Å². The van der Waals surface area contributed by atoms with E-state index in [0.717, 1.165) is 18.9 Å². The van der Waals surface area contributed by atoms with Crippen molar-refractivity contribution in [2.24, 2.45) is 4.99 Å². The highest BCUT2D eigenvalue weighted by atomic mass is 127. The van der Waals surface area contributed by atoms with Gasteiger partial charge in [0.2, 0.25) is 0 Å². The first-order valence-electron chi connectivity index (χ1n) is 7.37. The Morgan fingerprint density at radius 2 is 1.85 bits per heavy atom. The normalized spacial score (nSPS) is 15.8. The van der Waals surface area contributed by atoms with E-state index in [2.05, 4.69) is 46.8 Å². The van der Waals surface area contributed by atoms with Crippen LogP contribution in [0.2, 0.25) is 0 Å². The third-order valence-corrected chi connectivity index (χ3v) is 3.87. The second kappa shape index (κ2) is 9.21. The smallest absolute Gasteiger partial charge is 0.191 e. The lowest BCUT2D eigenvalue weighted by atomic mass is 10.1. The molecule has 0 unspecified atom stereocenters. The van der Waals surface area contributed by atoms with Crippen molar-refractivity contribution in [3.63, 3.8) is 0 Å². The molecule has 0 aliphatic heterocycles. The van der Waals surface area contributed by atoms with Crippen LogP contribution in [0, 0.1) is 0 Å². The van der Waals surface area contributed by atoms with E-state index in [1.165, 1.54) is 36.8 Å². The Kier molecular flexibility index (Phi) is 7.95. The molecule has 1 saturated carbocycles. The summed E-state index contributed by atoms with van der Waals surface area (Å²) in [5.41, 5.74) is 2.77. The zero-order valence-corrected chi connectivity index (χ0v) is 14.8. The third-order valence-electron chi connectivity index (χ3n) is 3.87. The van der Waals surface area contributed by atoms with Gasteiger partial charge in [-0.15, -0.1) is 24.0 Å². The van der Waals surface area contributed by atoms with Crippen molar-refractivity contribution in [1.82, 2.24) is 10.6 Å². The monoisotopic (exact) mass is 387 g/mol. The van der Waals surface area contributed by atoms with Gasteiger partial charge in [0.1, 0.15) is 0 Å². The van der Waals surface area contributed by atoms with Gasteiger partial charge in [-0.2, -0.15) is 0 Å². The molecule has 0 atom stereocenters. The van der Waals surface area contributed by atoms with Crippen LogP contribution >= 0.6 is 24.0 Å². The van der Waals surface area contributed by atoms with E-state index < -0.39 is 0 Å². The highest BCUT2D eigenvalue weighted by Gasteiger charge is 2.15. The molecule has 1 aliphatic rings. The van der Waals surface area contributed by atoms with Crippen LogP contribution in [0.3, 0.4) is 0 Å². The molecule has 0 radical (unpaired) electrons. The number of hydrogen-bond donors (Lipinski definition) is 2. The molecule has 0 spiro atoms. The number of nitrogens with zero attached hydrogens (tertiary/aromatic N) is 1. The van der Waals surface area contributed by atoms with Crippen molar-refractivity contribution in [2.45, 2.75) is 51.6 Å². The van der Waals surface area contributed by atoms with Crippen LogP contribution in [0.15, 0.2) is 29.3 Å². The number of hydrogen-bond acceptors (Lipinski definition) is 1. The van der Waals surface area contributed by atoms with E-state index in [0.29, 0.717) is 6.04 Å². The summed E-state index contributed by atoms with van der Waals surface area (Å²) in [5, 5.41) is 6.94. The van der Waals surface area contributed by atoms with Crippen LogP contribution in [0.1, 0.15) is 43.7 Å². The molecule has 1 fully saturated rings. The van der Waals surface area contributed by atoms with Crippen molar-refractivity contribution in [2.75, 3.05) is 7.05 Å². The predicted octanol–water partition coefficient (Wildman–Crippen LogP) is 3.47. The van der Waals surface area contributed by atoms with Gasteiger partial charge in [0.25, 0.3) is 0 Å². The largest absolute Gasteiger partial charge is 0.354 e. The number of halogens is 1. The maximum atomic E-state index is 4.32. The average molecular weight is 387 g/mol. The van der Waals surface area contributed by atoms with Gasteiger partial charge in [0.05, 0.1) is 0 Å². The number of aliphatic imine (C=N–C) groups is 1. The topological polar surface area (TPSA) is 36.4 Å². The molecular weight excluding hydrogens is 361 g/mol. The maximum absolute atomic E-state index is 4.32. The van der Waals surface area contributed by atoms with E-state index in [1.807, 2.05) is 7.05 Å². The highest BCUT2D eigenvalue weighted by molar-refractivity contribution is 14.0. The van der Waals surface area contributed by atoms with Crippen LogP contribution in [0.5, 0.6) is 0 Å². The van der Waals surface area contributed by atoms with Gasteiger partial charge in [-0.3, -0.25) is 4.99 Å². The van der Waals surface area contributed by atoms with Gasteiger partial charge >= 0.3 is 0 Å². The fraction of sp³-hybridized carbons (Fsp3) is 0.562. The number of aryl methyl sites for hydroxylation is 1. The Balaban J connectivity index is 0.00000200. The molecule has 0 bridgehead atoms. The van der Waals surface area contributed by atoms with Crippen LogP contribution in [0.25, 0.3) is 0 Å². The van der Waals surface area contributed by atoms with E-state index in [-0.39, 0.29) is 24.0 Å². The molecular formula is C16H26IN3. The Bertz CT molecular complexity index is 425. The van der Waals surface area contributed by atoms with Crippen molar-refractivity contribution in [3.8, 4) is 0 Å². The van der Waals surface area contributed by atoms with Crippen molar-refractivity contribution < 1.29 is 0 Å². The molecule has 1 aromatic rings. The van der Waals surface area contributed by atoms with Gasteiger partial charge in [0.15, 0.2) is 5.96 Å². The summed E-state index contributed by atoms with van der Waals surface area (Å²) in [5.74, 6) is 0.929. The summed E-state index contributed by atoms with van der Waals surface area (Å²) in [6.07, 6.45) is 6.30. The summed E-state index contributed by atoms with van der Waals surface area (Å²) in [6, 6.07) is 9.20. The molecule has 1 aliphatic carbocycles. The van der Waals surface area contributed by atoms with Crippen LogP contribution in [-0.4, -0.2) is 19.0 Å². The summed E-state index contributed by atoms with van der Waals surface area (Å²) in [6.45, 7) is 3.04. The maximum Gasteiger partial charge on any atom is 0.191 e. The summed E-state index contributed by atoms with van der Waals surface area (Å²) >= 11 is 0. The highest BCUT2D eigenvalue weighted by Crippen LogP contribution is 2.17. The van der Waals surface area contributed by atoms with Gasteiger partial charge in [-0.25, -0.2) is 0 Å². The average Bonchev–Trinajstić information content (AvgIpc) is 2.96. The first kappa shape index (κ1) is 17.3. The van der Waals surface area contributed by atoms with E-state index in [4.69, 9.17) is 0 Å². The quantitative estimate of drug-likeness (QED) is 0.472.